The normalized spacial score (nSPS) is 10.3. The minimum Gasteiger partial charge on any atom is -0.481 e. The third-order valence-electron chi connectivity index (χ3n) is 2.41. The molecule has 0 spiro atoms. The molecule has 0 saturated carbocycles. The number of aliphatic carboxylic acids is 1. The van der Waals surface area contributed by atoms with E-state index in [9.17, 15) is 13.6 Å². The van der Waals surface area contributed by atoms with E-state index in [0.717, 1.165) is 6.07 Å². The van der Waals surface area contributed by atoms with Crippen molar-refractivity contribution in [2.45, 2.75) is 6.42 Å². The zero-order chi connectivity index (χ0) is 13.1. The van der Waals surface area contributed by atoms with Gasteiger partial charge in [-0.25, -0.2) is 8.78 Å². The first-order valence-corrected chi connectivity index (χ1v) is 5.19. The van der Waals surface area contributed by atoms with Gasteiger partial charge in [0.15, 0.2) is 11.6 Å². The number of hydrogen-bond donors (Lipinski definition) is 1. The zero-order valence-corrected chi connectivity index (χ0v) is 9.23. The standard InChI is InChI=1S/C13H9F2NO2/c14-10-3-1-2-9(13(10)15)11-6-8(4-5-16-11)7-12(17)18/h1-6H,7H2,(H,17,18). The summed E-state index contributed by atoms with van der Waals surface area (Å²) in [5, 5.41) is 8.67. The highest BCUT2D eigenvalue weighted by Crippen LogP contribution is 2.23. The molecule has 1 aromatic carbocycles. The predicted octanol–water partition coefficient (Wildman–Crippen LogP) is 2.65. The largest absolute Gasteiger partial charge is 0.481 e. The first-order valence-electron chi connectivity index (χ1n) is 5.19. The minimum atomic E-state index is -0.994. The van der Waals surface area contributed by atoms with Crippen LogP contribution in [0.4, 0.5) is 8.78 Å². The summed E-state index contributed by atoms with van der Waals surface area (Å²) in [7, 11) is 0. The lowest BCUT2D eigenvalue weighted by molar-refractivity contribution is -0.136. The highest BCUT2D eigenvalue weighted by molar-refractivity contribution is 5.71. The molecule has 1 heterocycles. The molecule has 0 aliphatic carbocycles. The summed E-state index contributed by atoms with van der Waals surface area (Å²) in [4.78, 5) is 14.5. The molecule has 0 fully saturated rings. The summed E-state index contributed by atoms with van der Waals surface area (Å²) in [5.41, 5.74) is 0.712. The van der Waals surface area contributed by atoms with Gasteiger partial charge < -0.3 is 5.11 Å². The number of hydrogen-bond acceptors (Lipinski definition) is 2. The van der Waals surface area contributed by atoms with E-state index in [0.29, 0.717) is 5.56 Å². The van der Waals surface area contributed by atoms with Crippen LogP contribution in [0.5, 0.6) is 0 Å². The lowest BCUT2D eigenvalue weighted by Gasteiger charge is -2.05. The predicted molar refractivity (Wildman–Crippen MR) is 60.9 cm³/mol. The lowest BCUT2D eigenvalue weighted by Crippen LogP contribution is -2.01. The number of benzene rings is 1. The van der Waals surface area contributed by atoms with E-state index in [4.69, 9.17) is 5.11 Å². The van der Waals surface area contributed by atoms with E-state index in [1.165, 1.54) is 30.5 Å². The first kappa shape index (κ1) is 12.2. The topological polar surface area (TPSA) is 50.2 Å². The Hall–Kier alpha value is -2.30. The van der Waals surface area contributed by atoms with Crippen LogP contribution in [0.1, 0.15) is 5.56 Å². The van der Waals surface area contributed by atoms with Gasteiger partial charge in [-0.3, -0.25) is 9.78 Å². The van der Waals surface area contributed by atoms with Crippen molar-refractivity contribution in [2.24, 2.45) is 0 Å². The summed E-state index contributed by atoms with van der Waals surface area (Å²) in [6.45, 7) is 0. The number of aromatic nitrogens is 1. The van der Waals surface area contributed by atoms with E-state index < -0.39 is 17.6 Å². The molecule has 0 amide bonds. The Balaban J connectivity index is 2.44. The van der Waals surface area contributed by atoms with Gasteiger partial charge in [-0.2, -0.15) is 0 Å². The highest BCUT2D eigenvalue weighted by Gasteiger charge is 2.11. The number of pyridine rings is 1. The summed E-state index contributed by atoms with van der Waals surface area (Å²) >= 11 is 0. The molecule has 0 bridgehead atoms. The second-order valence-electron chi connectivity index (χ2n) is 3.72. The second-order valence-corrected chi connectivity index (χ2v) is 3.72. The first-order chi connectivity index (χ1) is 8.58. The van der Waals surface area contributed by atoms with Gasteiger partial charge in [-0.05, 0) is 29.8 Å². The van der Waals surface area contributed by atoms with Gasteiger partial charge in [0.05, 0.1) is 12.1 Å². The van der Waals surface area contributed by atoms with E-state index in [-0.39, 0.29) is 17.7 Å². The zero-order valence-electron chi connectivity index (χ0n) is 9.23. The van der Waals surface area contributed by atoms with Crippen molar-refractivity contribution in [1.29, 1.82) is 0 Å². The molecule has 18 heavy (non-hydrogen) atoms. The molecular weight excluding hydrogens is 240 g/mol. The highest BCUT2D eigenvalue weighted by atomic mass is 19.2. The summed E-state index contributed by atoms with van der Waals surface area (Å²) in [5.74, 6) is -2.94. The summed E-state index contributed by atoms with van der Waals surface area (Å²) in [6.07, 6.45) is 1.18. The fraction of sp³-hybridized carbons (Fsp3) is 0.0769. The molecule has 0 atom stereocenters. The SMILES string of the molecule is O=C(O)Cc1ccnc(-c2cccc(F)c2F)c1. The number of carboxylic acids is 1. The van der Waals surface area contributed by atoms with Crippen molar-refractivity contribution in [3.8, 4) is 11.3 Å². The fourth-order valence-electron chi connectivity index (χ4n) is 1.61. The monoisotopic (exact) mass is 249 g/mol. The van der Waals surface area contributed by atoms with Crippen molar-refractivity contribution >= 4 is 5.97 Å². The van der Waals surface area contributed by atoms with Crippen molar-refractivity contribution in [2.75, 3.05) is 0 Å². The molecule has 1 aromatic heterocycles. The lowest BCUT2D eigenvalue weighted by atomic mass is 10.1. The molecule has 0 unspecified atom stereocenters. The van der Waals surface area contributed by atoms with Crippen LogP contribution in [0, 0.1) is 11.6 Å². The smallest absolute Gasteiger partial charge is 0.307 e. The van der Waals surface area contributed by atoms with Crippen LogP contribution in [0.25, 0.3) is 11.3 Å². The van der Waals surface area contributed by atoms with Crippen molar-refractivity contribution in [3.63, 3.8) is 0 Å². The van der Waals surface area contributed by atoms with Gasteiger partial charge in [-0.1, -0.05) is 6.07 Å². The van der Waals surface area contributed by atoms with Gasteiger partial charge in [0.25, 0.3) is 0 Å². The Labute approximate surface area is 102 Å². The van der Waals surface area contributed by atoms with Gasteiger partial charge >= 0.3 is 5.97 Å². The van der Waals surface area contributed by atoms with E-state index >= 15 is 0 Å². The van der Waals surface area contributed by atoms with Crippen LogP contribution >= 0.6 is 0 Å². The van der Waals surface area contributed by atoms with E-state index in [1.54, 1.807) is 0 Å². The van der Waals surface area contributed by atoms with Crippen LogP contribution in [0.15, 0.2) is 36.5 Å². The van der Waals surface area contributed by atoms with Gasteiger partial charge in [0, 0.05) is 11.8 Å². The second kappa shape index (κ2) is 4.91. The average molecular weight is 249 g/mol. The molecule has 3 nitrogen and oxygen atoms in total. The van der Waals surface area contributed by atoms with Crippen LogP contribution in [-0.4, -0.2) is 16.1 Å². The van der Waals surface area contributed by atoms with Gasteiger partial charge in [-0.15, -0.1) is 0 Å². The Morgan fingerprint density at radius 1 is 1.28 bits per heavy atom. The average Bonchev–Trinajstić information content (AvgIpc) is 2.32. The number of carboxylic acid groups (broad SMARTS) is 1. The van der Waals surface area contributed by atoms with Crippen LogP contribution in [0.3, 0.4) is 0 Å². The van der Waals surface area contributed by atoms with Crippen molar-refractivity contribution in [1.82, 2.24) is 4.98 Å². The molecule has 0 saturated heterocycles. The quantitative estimate of drug-likeness (QED) is 0.909. The van der Waals surface area contributed by atoms with Gasteiger partial charge in [0.2, 0.25) is 0 Å². The Morgan fingerprint density at radius 3 is 2.78 bits per heavy atom. The number of halogens is 2. The maximum absolute atomic E-state index is 13.6. The molecule has 2 rings (SSSR count). The molecule has 5 heteroatoms. The van der Waals surface area contributed by atoms with E-state index in [1.807, 2.05) is 0 Å². The molecular formula is C13H9F2NO2. The number of carbonyl (C=O) groups is 1. The van der Waals surface area contributed by atoms with Crippen LogP contribution in [0.2, 0.25) is 0 Å². The third-order valence-corrected chi connectivity index (χ3v) is 2.41. The maximum Gasteiger partial charge on any atom is 0.307 e. The molecule has 92 valence electrons. The minimum absolute atomic E-state index is 0.0160. The Bertz CT molecular complexity index is 599. The molecule has 0 aliphatic heterocycles. The Morgan fingerprint density at radius 2 is 2.06 bits per heavy atom. The molecule has 0 aliphatic rings. The van der Waals surface area contributed by atoms with Crippen molar-refractivity contribution < 1.29 is 18.7 Å². The molecule has 1 N–H and O–H groups in total. The fourth-order valence-corrected chi connectivity index (χ4v) is 1.61. The van der Waals surface area contributed by atoms with Crippen molar-refractivity contribution in [3.05, 3.63) is 53.7 Å². The number of nitrogens with zero attached hydrogens (tertiary/aromatic N) is 1. The van der Waals surface area contributed by atoms with Crippen LogP contribution in [-0.2, 0) is 11.2 Å². The third kappa shape index (κ3) is 2.51. The van der Waals surface area contributed by atoms with Crippen LogP contribution < -0.4 is 0 Å². The van der Waals surface area contributed by atoms with Gasteiger partial charge in [0.1, 0.15) is 0 Å². The number of rotatable bonds is 3. The molecule has 0 radical (unpaired) electrons. The summed E-state index contributed by atoms with van der Waals surface area (Å²) in [6, 6.07) is 6.74. The molecule has 2 aromatic rings. The Kier molecular flexibility index (Phi) is 3.32. The van der Waals surface area contributed by atoms with E-state index in [2.05, 4.69) is 4.98 Å². The summed E-state index contributed by atoms with van der Waals surface area (Å²) < 4.78 is 26.6. The maximum atomic E-state index is 13.6.